The molecule has 0 bridgehead atoms. The van der Waals surface area contributed by atoms with Crippen molar-refractivity contribution in [3.05, 3.63) is 64.0 Å². The predicted octanol–water partition coefficient (Wildman–Crippen LogP) is 3.16. The molecule has 0 saturated heterocycles. The van der Waals surface area contributed by atoms with Crippen LogP contribution in [0.25, 0.3) is 10.9 Å². The number of nitrogens with one attached hydrogen (secondary N) is 1. The van der Waals surface area contributed by atoms with E-state index >= 15 is 0 Å². The minimum Gasteiger partial charge on any atom is -0.271 e. The zero-order valence-corrected chi connectivity index (χ0v) is 11.4. The van der Waals surface area contributed by atoms with Crippen LogP contribution in [0.4, 0.5) is 0 Å². The molecule has 3 rings (SSSR count). The smallest absolute Gasteiger partial charge is 0.0809 e. The first-order valence-electron chi connectivity index (χ1n) is 6.15. The third-order valence-corrected chi connectivity index (χ3v) is 4.27. The second kappa shape index (κ2) is 5.09. The molecule has 2 heterocycles. The summed E-state index contributed by atoms with van der Waals surface area (Å²) < 4.78 is 0. The van der Waals surface area contributed by atoms with Gasteiger partial charge < -0.3 is 0 Å². The lowest BCUT2D eigenvalue weighted by Crippen LogP contribution is -2.28. The zero-order chi connectivity index (χ0) is 13.2. The lowest BCUT2D eigenvalue weighted by molar-refractivity contribution is 0.650. The van der Waals surface area contributed by atoms with Gasteiger partial charge in [0.2, 0.25) is 0 Å². The number of hydrogen-bond donors (Lipinski definition) is 2. The van der Waals surface area contributed by atoms with Crippen molar-refractivity contribution in [2.75, 3.05) is 0 Å². The van der Waals surface area contributed by atoms with Crippen molar-refractivity contribution in [1.29, 1.82) is 0 Å². The van der Waals surface area contributed by atoms with Crippen LogP contribution in [0.1, 0.15) is 21.4 Å². The van der Waals surface area contributed by atoms with Gasteiger partial charge in [-0.05, 0) is 36.8 Å². The van der Waals surface area contributed by atoms with Gasteiger partial charge in [0.05, 0.1) is 11.6 Å². The fraction of sp³-hybridized carbons (Fsp3) is 0.133. The number of nitrogens with zero attached hydrogens (tertiary/aromatic N) is 1. The molecular weight excluding hydrogens is 254 g/mol. The Morgan fingerprint density at radius 3 is 2.79 bits per heavy atom. The Hall–Kier alpha value is -1.75. The molecule has 3 aromatic rings. The molecule has 2 aromatic heterocycles. The first-order chi connectivity index (χ1) is 9.29. The summed E-state index contributed by atoms with van der Waals surface area (Å²) in [6.07, 6.45) is 1.81. The summed E-state index contributed by atoms with van der Waals surface area (Å²) in [5.41, 5.74) is 5.08. The van der Waals surface area contributed by atoms with Crippen LogP contribution < -0.4 is 11.3 Å². The van der Waals surface area contributed by atoms with Crippen LogP contribution in [0.15, 0.2) is 48.7 Å². The first-order valence-corrected chi connectivity index (χ1v) is 6.97. The summed E-state index contributed by atoms with van der Waals surface area (Å²) >= 11 is 1.76. The quantitative estimate of drug-likeness (QED) is 0.567. The van der Waals surface area contributed by atoms with E-state index in [2.05, 4.69) is 41.6 Å². The third kappa shape index (κ3) is 2.26. The average molecular weight is 269 g/mol. The van der Waals surface area contributed by atoms with E-state index in [0.29, 0.717) is 0 Å². The number of pyridine rings is 1. The van der Waals surface area contributed by atoms with Gasteiger partial charge >= 0.3 is 0 Å². The highest BCUT2D eigenvalue weighted by molar-refractivity contribution is 7.12. The molecule has 1 unspecified atom stereocenters. The number of rotatable bonds is 3. The monoisotopic (exact) mass is 269 g/mol. The van der Waals surface area contributed by atoms with E-state index < -0.39 is 0 Å². The van der Waals surface area contributed by atoms with E-state index in [0.717, 1.165) is 16.5 Å². The Morgan fingerprint density at radius 2 is 2.05 bits per heavy atom. The average Bonchev–Trinajstić information content (AvgIpc) is 2.86. The number of hydrogen-bond acceptors (Lipinski definition) is 4. The van der Waals surface area contributed by atoms with E-state index in [1.807, 2.05) is 24.4 Å². The van der Waals surface area contributed by atoms with Crippen LogP contribution in [-0.4, -0.2) is 4.98 Å². The summed E-state index contributed by atoms with van der Waals surface area (Å²) in [6, 6.07) is 14.4. The Labute approximate surface area is 116 Å². The summed E-state index contributed by atoms with van der Waals surface area (Å²) in [5.74, 6) is 5.77. The van der Waals surface area contributed by atoms with Crippen LogP contribution in [-0.2, 0) is 0 Å². The molecule has 0 fully saturated rings. The lowest BCUT2D eigenvalue weighted by Gasteiger charge is -2.16. The molecule has 3 N–H and O–H groups in total. The maximum Gasteiger partial charge on any atom is 0.0809 e. The van der Waals surface area contributed by atoms with Crippen molar-refractivity contribution in [3.8, 4) is 0 Å². The maximum absolute atomic E-state index is 5.77. The fourth-order valence-electron chi connectivity index (χ4n) is 2.31. The molecule has 19 heavy (non-hydrogen) atoms. The molecule has 0 spiro atoms. The van der Waals surface area contributed by atoms with Gasteiger partial charge in [0.15, 0.2) is 0 Å². The van der Waals surface area contributed by atoms with Crippen LogP contribution in [0.3, 0.4) is 0 Å². The van der Waals surface area contributed by atoms with Crippen LogP contribution in [0.5, 0.6) is 0 Å². The molecule has 0 aliphatic carbocycles. The molecule has 0 aliphatic heterocycles. The summed E-state index contributed by atoms with van der Waals surface area (Å²) in [5, 5.41) is 1.14. The minimum absolute atomic E-state index is 0.00611. The summed E-state index contributed by atoms with van der Waals surface area (Å²) in [4.78, 5) is 6.90. The van der Waals surface area contributed by atoms with Gasteiger partial charge in [-0.3, -0.25) is 10.8 Å². The summed E-state index contributed by atoms with van der Waals surface area (Å²) in [6.45, 7) is 2.10. The van der Waals surface area contributed by atoms with Crippen molar-refractivity contribution in [2.45, 2.75) is 13.0 Å². The van der Waals surface area contributed by atoms with Crippen molar-refractivity contribution in [2.24, 2.45) is 5.84 Å². The highest BCUT2D eigenvalue weighted by Crippen LogP contribution is 2.31. The Morgan fingerprint density at radius 1 is 1.16 bits per heavy atom. The highest BCUT2D eigenvalue weighted by atomic mass is 32.1. The number of nitrogens with two attached hydrogens (primary N) is 1. The predicted molar refractivity (Wildman–Crippen MR) is 80.0 cm³/mol. The number of aryl methyl sites for hydroxylation is 1. The van der Waals surface area contributed by atoms with Gasteiger partial charge in [-0.25, -0.2) is 5.43 Å². The topological polar surface area (TPSA) is 50.9 Å². The second-order valence-corrected chi connectivity index (χ2v) is 5.78. The molecule has 3 nitrogen and oxygen atoms in total. The molecule has 0 aliphatic rings. The molecule has 4 heteroatoms. The molecule has 96 valence electrons. The SMILES string of the molecule is Cc1ccc(C(NN)c2cccc3ncccc23)s1. The number of hydrazine groups is 1. The standard InChI is InChI=1S/C15H15N3S/c1-10-7-8-14(19-10)15(18-16)12-4-2-6-13-11(12)5-3-9-17-13/h2-9,15,18H,16H2,1H3. The van der Waals surface area contributed by atoms with Crippen molar-refractivity contribution in [1.82, 2.24) is 10.4 Å². The molecule has 1 aromatic carbocycles. The van der Waals surface area contributed by atoms with Crippen LogP contribution in [0.2, 0.25) is 0 Å². The van der Waals surface area contributed by atoms with E-state index in [1.165, 1.54) is 9.75 Å². The van der Waals surface area contributed by atoms with E-state index in [-0.39, 0.29) is 6.04 Å². The minimum atomic E-state index is 0.00611. The Balaban J connectivity index is 2.16. The Kier molecular flexibility index (Phi) is 3.29. The normalized spacial score (nSPS) is 12.7. The highest BCUT2D eigenvalue weighted by Gasteiger charge is 2.16. The molecule has 0 amide bonds. The summed E-state index contributed by atoms with van der Waals surface area (Å²) in [7, 11) is 0. The lowest BCUT2D eigenvalue weighted by atomic mass is 10.0. The van der Waals surface area contributed by atoms with Gasteiger partial charge in [0.25, 0.3) is 0 Å². The molecule has 0 saturated carbocycles. The number of benzene rings is 1. The molecule has 1 atom stereocenters. The van der Waals surface area contributed by atoms with Gasteiger partial charge in [0.1, 0.15) is 0 Å². The fourth-order valence-corrected chi connectivity index (χ4v) is 3.27. The van der Waals surface area contributed by atoms with Gasteiger partial charge in [-0.15, -0.1) is 11.3 Å². The zero-order valence-electron chi connectivity index (χ0n) is 10.6. The van der Waals surface area contributed by atoms with Crippen LogP contribution >= 0.6 is 11.3 Å². The molecule has 0 radical (unpaired) electrons. The number of thiophene rings is 1. The van der Waals surface area contributed by atoms with Crippen molar-refractivity contribution >= 4 is 22.2 Å². The van der Waals surface area contributed by atoms with Gasteiger partial charge in [-0.1, -0.05) is 18.2 Å². The third-order valence-electron chi connectivity index (χ3n) is 3.20. The Bertz CT molecular complexity index is 700. The second-order valence-electron chi connectivity index (χ2n) is 4.47. The van der Waals surface area contributed by atoms with Crippen LogP contribution in [0, 0.1) is 6.92 Å². The van der Waals surface area contributed by atoms with Crippen molar-refractivity contribution in [3.63, 3.8) is 0 Å². The number of fused-ring (bicyclic) bond motifs is 1. The van der Waals surface area contributed by atoms with Crippen molar-refractivity contribution < 1.29 is 0 Å². The van der Waals surface area contributed by atoms with Gasteiger partial charge in [-0.2, -0.15) is 0 Å². The van der Waals surface area contributed by atoms with E-state index in [4.69, 9.17) is 5.84 Å². The van der Waals surface area contributed by atoms with Gasteiger partial charge in [0, 0.05) is 21.3 Å². The molecular formula is C15H15N3S. The maximum atomic E-state index is 5.77. The largest absolute Gasteiger partial charge is 0.271 e. The van der Waals surface area contributed by atoms with E-state index in [9.17, 15) is 0 Å². The first kappa shape index (κ1) is 12.3. The van der Waals surface area contributed by atoms with E-state index in [1.54, 1.807) is 11.3 Å². The number of aromatic nitrogens is 1.